The van der Waals surface area contributed by atoms with Gasteiger partial charge in [-0.15, -0.1) is 0 Å². The van der Waals surface area contributed by atoms with Crippen LogP contribution < -0.4 is 4.90 Å². The van der Waals surface area contributed by atoms with Gasteiger partial charge in [-0.3, -0.25) is 14.2 Å². The first-order valence-electron chi connectivity index (χ1n) is 11.9. The molecule has 0 spiro atoms. The number of hydrogen-bond acceptors (Lipinski definition) is 4. The van der Waals surface area contributed by atoms with E-state index in [2.05, 4.69) is 5.10 Å². The second-order valence-corrected chi connectivity index (χ2v) is 9.66. The van der Waals surface area contributed by atoms with Gasteiger partial charge < -0.3 is 9.80 Å². The Morgan fingerprint density at radius 2 is 1.91 bits per heavy atom. The molecule has 1 aromatic carbocycles. The van der Waals surface area contributed by atoms with Crippen LogP contribution in [0, 0.1) is 0 Å². The molecule has 0 saturated carbocycles. The van der Waals surface area contributed by atoms with Crippen molar-refractivity contribution in [2.45, 2.75) is 58.8 Å². The molecule has 186 valence electrons. The molecule has 2 aromatic heterocycles. The lowest BCUT2D eigenvalue weighted by atomic mass is 9.92. The monoisotopic (exact) mass is 486 g/mol. The van der Waals surface area contributed by atoms with E-state index in [1.807, 2.05) is 23.4 Å². The zero-order valence-corrected chi connectivity index (χ0v) is 20.4. The Labute approximate surface area is 202 Å². The minimum Gasteiger partial charge on any atom is -0.338 e. The smallest absolute Gasteiger partial charge is 0.338 e. The van der Waals surface area contributed by atoms with Crippen molar-refractivity contribution in [2.24, 2.45) is 7.05 Å². The predicted octanol–water partition coefficient (Wildman–Crippen LogP) is 4.87. The molecule has 10 heteroatoms. The molecule has 35 heavy (non-hydrogen) atoms. The van der Waals surface area contributed by atoms with E-state index in [1.165, 1.54) is 16.9 Å². The molecule has 0 saturated heterocycles. The fraction of sp³-hybridized carbons (Fsp3) is 0.480. The lowest BCUT2D eigenvalue weighted by molar-refractivity contribution is -0.137. The standard InChI is InChI=1S/C25H29F3N6O/c1-15(2)34-22-7-9-32(16(3)35)14-20(22)24(30-34)33-8-5-6-17-10-19(18-12-29-31(4)13-18)21(11-23(17)33)25(26,27)28/h10-13,15H,5-9,14H2,1-4H3. The van der Waals surface area contributed by atoms with Gasteiger partial charge in [-0.2, -0.15) is 23.4 Å². The number of hydrogen-bond donors (Lipinski definition) is 0. The van der Waals surface area contributed by atoms with Crippen LogP contribution in [0.25, 0.3) is 11.1 Å². The van der Waals surface area contributed by atoms with Gasteiger partial charge in [-0.05, 0) is 49.9 Å². The summed E-state index contributed by atoms with van der Waals surface area (Å²) in [5, 5.41) is 8.97. The minimum atomic E-state index is -4.52. The predicted molar refractivity (Wildman–Crippen MR) is 126 cm³/mol. The van der Waals surface area contributed by atoms with E-state index in [1.54, 1.807) is 31.1 Å². The van der Waals surface area contributed by atoms with Crippen LogP contribution in [0.3, 0.4) is 0 Å². The van der Waals surface area contributed by atoms with Crippen LogP contribution in [0.2, 0.25) is 0 Å². The molecule has 4 heterocycles. The van der Waals surface area contributed by atoms with Crippen LogP contribution in [-0.4, -0.2) is 43.5 Å². The molecule has 0 bridgehead atoms. The molecule has 3 aromatic rings. The van der Waals surface area contributed by atoms with Gasteiger partial charge in [0, 0.05) is 68.2 Å². The van der Waals surface area contributed by atoms with E-state index in [-0.39, 0.29) is 17.5 Å². The molecular weight excluding hydrogens is 457 g/mol. The molecule has 2 aliphatic heterocycles. The number of alkyl halides is 3. The van der Waals surface area contributed by atoms with Crippen LogP contribution in [0.5, 0.6) is 0 Å². The van der Waals surface area contributed by atoms with Crippen molar-refractivity contribution in [3.8, 4) is 11.1 Å². The lowest BCUT2D eigenvalue weighted by Gasteiger charge is -2.33. The highest BCUT2D eigenvalue weighted by molar-refractivity contribution is 5.78. The molecule has 0 radical (unpaired) electrons. The second-order valence-electron chi connectivity index (χ2n) is 9.66. The number of benzene rings is 1. The highest BCUT2D eigenvalue weighted by Crippen LogP contribution is 2.45. The highest BCUT2D eigenvalue weighted by Gasteiger charge is 2.37. The summed E-state index contributed by atoms with van der Waals surface area (Å²) < 4.78 is 46.2. The van der Waals surface area contributed by atoms with Gasteiger partial charge in [0.15, 0.2) is 5.82 Å². The summed E-state index contributed by atoms with van der Waals surface area (Å²) in [6.07, 6.45) is 0.706. The number of aryl methyl sites for hydroxylation is 2. The van der Waals surface area contributed by atoms with E-state index >= 15 is 0 Å². The highest BCUT2D eigenvalue weighted by atomic mass is 19.4. The summed E-state index contributed by atoms with van der Waals surface area (Å²) in [5.74, 6) is 0.640. The largest absolute Gasteiger partial charge is 0.417 e. The maximum absolute atomic E-state index is 14.3. The molecule has 1 amide bonds. The van der Waals surface area contributed by atoms with Gasteiger partial charge >= 0.3 is 6.18 Å². The summed E-state index contributed by atoms with van der Waals surface area (Å²) in [5.41, 5.74) is 3.28. The van der Waals surface area contributed by atoms with Crippen molar-refractivity contribution < 1.29 is 18.0 Å². The number of aromatic nitrogens is 4. The van der Waals surface area contributed by atoms with Gasteiger partial charge in [-0.1, -0.05) is 0 Å². The summed E-state index contributed by atoms with van der Waals surface area (Å²) >= 11 is 0. The second kappa shape index (κ2) is 8.42. The Morgan fingerprint density at radius 1 is 1.14 bits per heavy atom. The minimum absolute atomic E-state index is 0.0154. The summed E-state index contributed by atoms with van der Waals surface area (Å²) in [6.45, 7) is 7.23. The number of nitrogens with zero attached hydrogens (tertiary/aromatic N) is 6. The maximum atomic E-state index is 14.3. The first-order valence-corrected chi connectivity index (χ1v) is 11.9. The number of carbonyl (C=O) groups is 1. The third-order valence-corrected chi connectivity index (χ3v) is 6.91. The Hall–Kier alpha value is -3.30. The van der Waals surface area contributed by atoms with E-state index in [9.17, 15) is 18.0 Å². The van der Waals surface area contributed by atoms with Gasteiger partial charge in [-0.25, -0.2) is 0 Å². The average Bonchev–Trinajstić information content (AvgIpc) is 3.40. The van der Waals surface area contributed by atoms with Crippen LogP contribution in [0.4, 0.5) is 24.7 Å². The number of amides is 1. The normalized spacial score (nSPS) is 16.0. The summed E-state index contributed by atoms with van der Waals surface area (Å²) in [7, 11) is 1.69. The van der Waals surface area contributed by atoms with Crippen molar-refractivity contribution >= 4 is 17.4 Å². The molecule has 0 aliphatic carbocycles. The molecule has 0 fully saturated rings. The third kappa shape index (κ3) is 4.08. The van der Waals surface area contributed by atoms with Crippen molar-refractivity contribution in [1.29, 1.82) is 0 Å². The molecule has 0 unspecified atom stereocenters. The van der Waals surface area contributed by atoms with E-state index in [0.717, 1.165) is 23.2 Å². The van der Waals surface area contributed by atoms with Crippen molar-refractivity contribution in [2.75, 3.05) is 18.0 Å². The summed E-state index contributed by atoms with van der Waals surface area (Å²) in [6, 6.07) is 3.03. The number of carbonyl (C=O) groups excluding carboxylic acids is 1. The molecule has 7 nitrogen and oxygen atoms in total. The van der Waals surface area contributed by atoms with Gasteiger partial charge in [0.1, 0.15) is 0 Å². The Kier molecular flexibility index (Phi) is 5.64. The zero-order valence-electron chi connectivity index (χ0n) is 20.4. The first-order chi connectivity index (χ1) is 16.5. The van der Waals surface area contributed by atoms with Crippen molar-refractivity contribution in [3.63, 3.8) is 0 Å². The van der Waals surface area contributed by atoms with Crippen LogP contribution in [0.15, 0.2) is 24.5 Å². The van der Waals surface area contributed by atoms with Gasteiger partial charge in [0.25, 0.3) is 0 Å². The number of fused-ring (bicyclic) bond motifs is 2. The van der Waals surface area contributed by atoms with Crippen LogP contribution in [0.1, 0.15) is 55.6 Å². The zero-order chi connectivity index (χ0) is 25.1. The van der Waals surface area contributed by atoms with Gasteiger partial charge in [0.05, 0.1) is 18.3 Å². The SMILES string of the molecule is CC(=O)N1CCc2c(c(N3CCCc4cc(-c5cnn(C)c5)c(C(F)(F)F)cc43)nn2C(C)C)C1. The first kappa shape index (κ1) is 23.4. The Bertz CT molecular complexity index is 1290. The van der Waals surface area contributed by atoms with Crippen molar-refractivity contribution in [3.05, 3.63) is 46.9 Å². The average molecular weight is 487 g/mol. The van der Waals surface area contributed by atoms with Gasteiger partial charge in [0.2, 0.25) is 5.91 Å². The topological polar surface area (TPSA) is 59.2 Å². The van der Waals surface area contributed by atoms with Crippen LogP contribution >= 0.6 is 0 Å². The maximum Gasteiger partial charge on any atom is 0.417 e. The number of halogens is 3. The Morgan fingerprint density at radius 3 is 2.54 bits per heavy atom. The quantitative estimate of drug-likeness (QED) is 0.530. The summed E-state index contributed by atoms with van der Waals surface area (Å²) in [4.78, 5) is 15.8. The molecular formula is C25H29F3N6O. The van der Waals surface area contributed by atoms with E-state index in [0.29, 0.717) is 49.5 Å². The molecule has 0 atom stereocenters. The fourth-order valence-electron chi connectivity index (χ4n) is 5.23. The van der Waals surface area contributed by atoms with E-state index in [4.69, 9.17) is 5.10 Å². The Balaban J connectivity index is 1.67. The van der Waals surface area contributed by atoms with Crippen LogP contribution in [-0.2, 0) is 37.4 Å². The number of rotatable bonds is 3. The lowest BCUT2D eigenvalue weighted by Crippen LogP contribution is -2.35. The third-order valence-electron chi connectivity index (χ3n) is 6.91. The number of anilines is 2. The fourth-order valence-corrected chi connectivity index (χ4v) is 5.23. The molecule has 5 rings (SSSR count). The molecule has 2 aliphatic rings. The van der Waals surface area contributed by atoms with Crippen molar-refractivity contribution in [1.82, 2.24) is 24.5 Å². The molecule has 0 N–H and O–H groups in total. The van der Waals surface area contributed by atoms with E-state index < -0.39 is 11.7 Å².